The molecule has 0 atom stereocenters. The zero-order chi connectivity index (χ0) is 15.9. The van der Waals surface area contributed by atoms with Crippen LogP contribution in [0.2, 0.25) is 0 Å². The summed E-state index contributed by atoms with van der Waals surface area (Å²) < 4.78 is 12.8. The van der Waals surface area contributed by atoms with E-state index < -0.39 is 4.92 Å². The lowest BCUT2D eigenvalue weighted by Gasteiger charge is -2.00. The number of benzene rings is 2. The molecule has 0 saturated carbocycles. The van der Waals surface area contributed by atoms with Crippen molar-refractivity contribution in [2.75, 3.05) is 5.43 Å². The van der Waals surface area contributed by atoms with Crippen molar-refractivity contribution in [3.8, 4) is 0 Å². The summed E-state index contributed by atoms with van der Waals surface area (Å²) in [7, 11) is 0. The summed E-state index contributed by atoms with van der Waals surface area (Å²) in [6.07, 6.45) is 3.60. The van der Waals surface area contributed by atoms with Gasteiger partial charge in [-0.05, 0) is 42.8 Å². The van der Waals surface area contributed by atoms with Crippen LogP contribution in [0.4, 0.5) is 15.8 Å². The van der Waals surface area contributed by atoms with Crippen LogP contribution in [0.1, 0.15) is 12.5 Å². The highest BCUT2D eigenvalue weighted by Gasteiger charge is 2.02. The average Bonchev–Trinajstić information content (AvgIpc) is 2.52. The molecule has 5 nitrogen and oxygen atoms in total. The zero-order valence-corrected chi connectivity index (χ0v) is 11.9. The maximum absolute atomic E-state index is 12.8. The lowest BCUT2D eigenvalue weighted by atomic mass is 10.2. The molecule has 0 unspecified atom stereocenters. The third kappa shape index (κ3) is 4.52. The van der Waals surface area contributed by atoms with Crippen LogP contribution >= 0.6 is 0 Å². The number of nitrogens with zero attached hydrogens (tertiary/aromatic N) is 2. The van der Waals surface area contributed by atoms with Gasteiger partial charge in [0.25, 0.3) is 5.69 Å². The van der Waals surface area contributed by atoms with E-state index in [0.717, 1.165) is 5.56 Å². The molecule has 2 aromatic rings. The summed E-state index contributed by atoms with van der Waals surface area (Å²) in [5, 5.41) is 14.7. The molecular weight excluding hydrogens is 285 g/mol. The first-order valence-corrected chi connectivity index (χ1v) is 6.53. The van der Waals surface area contributed by atoms with E-state index in [-0.39, 0.29) is 11.5 Å². The van der Waals surface area contributed by atoms with Gasteiger partial charge >= 0.3 is 0 Å². The van der Waals surface area contributed by atoms with E-state index >= 15 is 0 Å². The zero-order valence-electron chi connectivity index (χ0n) is 11.9. The Hall–Kier alpha value is -3.02. The van der Waals surface area contributed by atoms with Crippen LogP contribution in [0.3, 0.4) is 0 Å². The Morgan fingerprint density at radius 1 is 1.18 bits per heavy atom. The number of anilines is 1. The molecule has 0 fully saturated rings. The fourth-order valence-corrected chi connectivity index (χ4v) is 1.64. The van der Waals surface area contributed by atoms with E-state index in [1.807, 2.05) is 6.08 Å². The molecule has 0 bridgehead atoms. The molecule has 0 aliphatic heterocycles. The van der Waals surface area contributed by atoms with Gasteiger partial charge in [-0.2, -0.15) is 5.10 Å². The topological polar surface area (TPSA) is 67.5 Å². The van der Waals surface area contributed by atoms with Crippen molar-refractivity contribution in [3.05, 3.63) is 76.1 Å². The number of allylic oxidation sites excluding steroid dienone is 1. The van der Waals surface area contributed by atoms with Gasteiger partial charge in [0.2, 0.25) is 0 Å². The monoisotopic (exact) mass is 299 g/mol. The Kier molecular flexibility index (Phi) is 4.98. The van der Waals surface area contributed by atoms with Crippen molar-refractivity contribution in [2.45, 2.75) is 6.92 Å². The molecule has 0 aliphatic rings. The van der Waals surface area contributed by atoms with Gasteiger partial charge in [0.1, 0.15) is 5.82 Å². The Morgan fingerprint density at radius 2 is 1.82 bits per heavy atom. The smallest absolute Gasteiger partial charge is 0.269 e. The molecule has 1 N–H and O–H groups in total. The Labute approximate surface area is 126 Å². The van der Waals surface area contributed by atoms with Crippen LogP contribution in [0, 0.1) is 15.9 Å². The maximum Gasteiger partial charge on any atom is 0.269 e. The molecule has 0 aliphatic carbocycles. The number of hydrazone groups is 1. The highest BCUT2D eigenvalue weighted by Crippen LogP contribution is 2.15. The van der Waals surface area contributed by atoms with Crippen LogP contribution in [0.5, 0.6) is 0 Å². The molecule has 2 aromatic carbocycles. The van der Waals surface area contributed by atoms with Crippen molar-refractivity contribution in [3.63, 3.8) is 0 Å². The number of non-ortho nitro benzene ring substituents is 1. The largest absolute Gasteiger partial charge is 0.278 e. The van der Waals surface area contributed by atoms with E-state index in [0.29, 0.717) is 11.4 Å². The number of hydrogen-bond acceptors (Lipinski definition) is 4. The van der Waals surface area contributed by atoms with E-state index in [1.165, 1.54) is 24.3 Å². The predicted molar refractivity (Wildman–Crippen MR) is 85.3 cm³/mol. The average molecular weight is 299 g/mol. The van der Waals surface area contributed by atoms with Crippen LogP contribution in [0.15, 0.2) is 59.7 Å². The van der Waals surface area contributed by atoms with Crippen molar-refractivity contribution in [1.29, 1.82) is 0 Å². The highest BCUT2D eigenvalue weighted by molar-refractivity contribution is 5.96. The molecule has 0 spiro atoms. The van der Waals surface area contributed by atoms with Crippen molar-refractivity contribution in [1.82, 2.24) is 0 Å². The van der Waals surface area contributed by atoms with Crippen LogP contribution in [-0.4, -0.2) is 10.6 Å². The van der Waals surface area contributed by atoms with E-state index in [1.54, 1.807) is 37.3 Å². The Morgan fingerprint density at radius 3 is 2.41 bits per heavy atom. The van der Waals surface area contributed by atoms with Crippen LogP contribution in [-0.2, 0) is 0 Å². The fraction of sp³-hybridized carbons (Fsp3) is 0.0625. The van der Waals surface area contributed by atoms with Crippen molar-refractivity contribution >= 4 is 23.2 Å². The molecule has 0 radical (unpaired) electrons. The lowest BCUT2D eigenvalue weighted by Crippen LogP contribution is -1.95. The van der Waals surface area contributed by atoms with Gasteiger partial charge in [0.15, 0.2) is 0 Å². The van der Waals surface area contributed by atoms with Gasteiger partial charge in [0.05, 0.1) is 16.3 Å². The van der Waals surface area contributed by atoms with Crippen molar-refractivity contribution in [2.24, 2.45) is 5.10 Å². The minimum Gasteiger partial charge on any atom is -0.278 e. The van der Waals surface area contributed by atoms with Gasteiger partial charge in [0, 0.05) is 12.1 Å². The quantitative estimate of drug-likeness (QED) is 0.510. The molecule has 6 heteroatoms. The summed E-state index contributed by atoms with van der Waals surface area (Å²) in [6.45, 7) is 1.80. The molecule has 0 saturated heterocycles. The van der Waals surface area contributed by atoms with E-state index in [9.17, 15) is 14.5 Å². The standard InChI is InChI=1S/C16H14FN3O2/c1-12(2-3-13-4-6-14(17)7-5-13)18-19-15-8-10-16(11-9-15)20(21)22/h2-11,19H,1H3/b3-2+,18-12+. The normalized spacial score (nSPS) is 11.6. The van der Waals surface area contributed by atoms with E-state index in [4.69, 9.17) is 0 Å². The number of nitrogens with one attached hydrogen (secondary N) is 1. The summed E-state index contributed by atoms with van der Waals surface area (Å²) in [5.74, 6) is -0.276. The molecule has 2 rings (SSSR count). The summed E-state index contributed by atoms with van der Waals surface area (Å²) in [6, 6.07) is 12.1. The third-order valence-electron chi connectivity index (χ3n) is 2.83. The Bertz CT molecular complexity index is 707. The maximum atomic E-state index is 12.8. The van der Waals surface area contributed by atoms with Gasteiger partial charge in [-0.3, -0.25) is 15.5 Å². The molecule has 0 heterocycles. The summed E-state index contributed by atoms with van der Waals surface area (Å²) in [4.78, 5) is 10.1. The minimum atomic E-state index is -0.455. The van der Waals surface area contributed by atoms with Crippen molar-refractivity contribution < 1.29 is 9.31 Å². The number of nitro groups is 1. The number of hydrogen-bond donors (Lipinski definition) is 1. The molecular formula is C16H14FN3O2. The van der Waals surface area contributed by atoms with E-state index in [2.05, 4.69) is 10.5 Å². The molecule has 0 amide bonds. The summed E-state index contributed by atoms with van der Waals surface area (Å²) >= 11 is 0. The second kappa shape index (κ2) is 7.12. The van der Waals surface area contributed by atoms with Gasteiger partial charge in [-0.1, -0.05) is 18.2 Å². The van der Waals surface area contributed by atoms with Gasteiger partial charge in [-0.15, -0.1) is 0 Å². The van der Waals surface area contributed by atoms with Crippen LogP contribution in [0.25, 0.3) is 6.08 Å². The number of nitro benzene ring substituents is 1. The Balaban J connectivity index is 1.97. The SMILES string of the molecule is CC(/C=C/c1ccc(F)cc1)=N\Nc1ccc([N+](=O)[O-])cc1. The lowest BCUT2D eigenvalue weighted by molar-refractivity contribution is -0.384. The first-order chi connectivity index (χ1) is 10.5. The molecule has 0 aromatic heterocycles. The first-order valence-electron chi connectivity index (χ1n) is 6.53. The third-order valence-corrected chi connectivity index (χ3v) is 2.83. The van der Waals surface area contributed by atoms with Crippen LogP contribution < -0.4 is 5.43 Å². The summed E-state index contributed by atoms with van der Waals surface area (Å²) in [5.41, 5.74) is 5.07. The predicted octanol–water partition coefficient (Wildman–Crippen LogP) is 4.24. The van der Waals surface area contributed by atoms with Gasteiger partial charge < -0.3 is 0 Å². The fourth-order valence-electron chi connectivity index (χ4n) is 1.64. The first kappa shape index (κ1) is 15.4. The number of rotatable bonds is 5. The number of halogens is 1. The minimum absolute atomic E-state index is 0.0301. The second-order valence-electron chi connectivity index (χ2n) is 4.55. The molecule has 22 heavy (non-hydrogen) atoms. The highest BCUT2D eigenvalue weighted by atomic mass is 19.1. The van der Waals surface area contributed by atoms with Gasteiger partial charge in [-0.25, -0.2) is 4.39 Å². The second-order valence-corrected chi connectivity index (χ2v) is 4.55. The molecule has 112 valence electrons.